The van der Waals surface area contributed by atoms with Crippen molar-refractivity contribution < 1.29 is 9.53 Å². The monoisotopic (exact) mass is 396 g/mol. The van der Waals surface area contributed by atoms with Crippen molar-refractivity contribution in [2.24, 2.45) is 5.92 Å². The van der Waals surface area contributed by atoms with Crippen LogP contribution < -0.4 is 9.64 Å². The van der Waals surface area contributed by atoms with Crippen LogP contribution in [0.25, 0.3) is 0 Å². The molecule has 1 saturated heterocycles. The highest BCUT2D eigenvalue weighted by atomic mass is 16.5. The molecular formula is C23H32N4O2. The summed E-state index contributed by atoms with van der Waals surface area (Å²) in [6.45, 7) is 11.3. The van der Waals surface area contributed by atoms with Gasteiger partial charge in [0.2, 0.25) is 5.91 Å². The molecule has 0 atom stereocenters. The van der Waals surface area contributed by atoms with E-state index in [2.05, 4.69) is 42.8 Å². The van der Waals surface area contributed by atoms with E-state index in [1.54, 1.807) is 7.11 Å². The van der Waals surface area contributed by atoms with Crippen molar-refractivity contribution >= 4 is 11.7 Å². The van der Waals surface area contributed by atoms with Crippen LogP contribution in [-0.4, -0.2) is 54.1 Å². The van der Waals surface area contributed by atoms with Crippen molar-refractivity contribution in [1.82, 2.24) is 14.9 Å². The number of hydrogen-bond donors (Lipinski definition) is 0. The second kappa shape index (κ2) is 9.25. The van der Waals surface area contributed by atoms with Gasteiger partial charge in [-0.2, -0.15) is 0 Å². The summed E-state index contributed by atoms with van der Waals surface area (Å²) in [5.74, 6) is 3.29. The van der Waals surface area contributed by atoms with Gasteiger partial charge in [0.1, 0.15) is 17.4 Å². The number of nitrogens with zero attached hydrogens (tertiary/aromatic N) is 4. The van der Waals surface area contributed by atoms with Gasteiger partial charge in [-0.1, -0.05) is 26.0 Å². The number of anilines is 1. The van der Waals surface area contributed by atoms with Crippen LogP contribution in [0.5, 0.6) is 5.75 Å². The van der Waals surface area contributed by atoms with Gasteiger partial charge in [-0.05, 0) is 37.5 Å². The second-order valence-electron chi connectivity index (χ2n) is 8.15. The SMILES string of the molecule is COc1ccc(Cc2c(C)nc(C)nc2N2CCN(C(=O)CC(C)C)CC2)cc1. The summed E-state index contributed by atoms with van der Waals surface area (Å²) >= 11 is 0. The predicted molar refractivity (Wildman–Crippen MR) is 116 cm³/mol. The topological polar surface area (TPSA) is 58.6 Å². The Labute approximate surface area is 173 Å². The van der Waals surface area contributed by atoms with Crippen LogP contribution in [0.4, 0.5) is 5.82 Å². The summed E-state index contributed by atoms with van der Waals surface area (Å²) in [7, 11) is 1.68. The van der Waals surface area contributed by atoms with Gasteiger partial charge in [0.05, 0.1) is 7.11 Å². The van der Waals surface area contributed by atoms with Crippen LogP contribution in [-0.2, 0) is 11.2 Å². The average Bonchev–Trinajstić information content (AvgIpc) is 2.70. The molecular weight excluding hydrogens is 364 g/mol. The quantitative estimate of drug-likeness (QED) is 0.749. The number of methoxy groups -OCH3 is 1. The van der Waals surface area contributed by atoms with Crippen molar-refractivity contribution in [3.8, 4) is 5.75 Å². The van der Waals surface area contributed by atoms with E-state index in [0.717, 1.165) is 61.2 Å². The zero-order valence-corrected chi connectivity index (χ0v) is 18.2. The van der Waals surface area contributed by atoms with Crippen molar-refractivity contribution in [3.05, 3.63) is 46.9 Å². The van der Waals surface area contributed by atoms with E-state index < -0.39 is 0 Å². The minimum absolute atomic E-state index is 0.258. The van der Waals surface area contributed by atoms with E-state index in [1.807, 2.05) is 24.0 Å². The van der Waals surface area contributed by atoms with E-state index in [4.69, 9.17) is 9.72 Å². The van der Waals surface area contributed by atoms with E-state index >= 15 is 0 Å². The third-order valence-corrected chi connectivity index (χ3v) is 5.36. The average molecular weight is 397 g/mol. The number of carbonyl (C=O) groups excluding carboxylic acids is 1. The minimum atomic E-state index is 0.258. The fourth-order valence-electron chi connectivity index (χ4n) is 3.78. The molecule has 1 aromatic heterocycles. The molecule has 1 fully saturated rings. The van der Waals surface area contributed by atoms with Crippen LogP contribution in [0.2, 0.25) is 0 Å². The molecule has 0 saturated carbocycles. The van der Waals surface area contributed by atoms with Gasteiger partial charge in [-0.3, -0.25) is 4.79 Å². The molecule has 0 bridgehead atoms. The maximum Gasteiger partial charge on any atom is 0.222 e. The fraction of sp³-hybridized carbons (Fsp3) is 0.522. The number of aromatic nitrogens is 2. The molecule has 6 nitrogen and oxygen atoms in total. The van der Waals surface area contributed by atoms with Crippen LogP contribution in [0.1, 0.15) is 42.9 Å². The zero-order valence-electron chi connectivity index (χ0n) is 18.2. The van der Waals surface area contributed by atoms with Crippen LogP contribution in [0.3, 0.4) is 0 Å². The van der Waals surface area contributed by atoms with Gasteiger partial charge in [-0.25, -0.2) is 9.97 Å². The van der Waals surface area contributed by atoms with Gasteiger partial charge >= 0.3 is 0 Å². The number of amides is 1. The van der Waals surface area contributed by atoms with Crippen LogP contribution in [0.15, 0.2) is 24.3 Å². The lowest BCUT2D eigenvalue weighted by molar-refractivity contribution is -0.132. The largest absolute Gasteiger partial charge is 0.497 e. The first kappa shape index (κ1) is 21.1. The van der Waals surface area contributed by atoms with Gasteiger partial charge in [0.25, 0.3) is 0 Å². The van der Waals surface area contributed by atoms with Gasteiger partial charge in [0, 0.05) is 50.3 Å². The van der Waals surface area contributed by atoms with Crippen LogP contribution >= 0.6 is 0 Å². The summed E-state index contributed by atoms with van der Waals surface area (Å²) in [5, 5.41) is 0. The van der Waals surface area contributed by atoms with E-state index in [1.165, 1.54) is 5.56 Å². The molecule has 1 aliphatic heterocycles. The molecule has 2 aromatic rings. The highest BCUT2D eigenvalue weighted by Crippen LogP contribution is 2.26. The van der Waals surface area contributed by atoms with Gasteiger partial charge in [0.15, 0.2) is 0 Å². The maximum atomic E-state index is 12.4. The van der Waals surface area contributed by atoms with Gasteiger partial charge in [-0.15, -0.1) is 0 Å². The Morgan fingerprint density at radius 3 is 2.31 bits per heavy atom. The molecule has 6 heteroatoms. The predicted octanol–water partition coefficient (Wildman–Crippen LogP) is 3.39. The van der Waals surface area contributed by atoms with Crippen molar-refractivity contribution in [3.63, 3.8) is 0 Å². The number of aryl methyl sites for hydroxylation is 2. The lowest BCUT2D eigenvalue weighted by Gasteiger charge is -2.37. The Balaban J connectivity index is 1.78. The number of hydrogen-bond acceptors (Lipinski definition) is 5. The van der Waals surface area contributed by atoms with E-state index in [0.29, 0.717) is 12.3 Å². The van der Waals surface area contributed by atoms with E-state index in [-0.39, 0.29) is 5.91 Å². The molecule has 2 heterocycles. The number of benzene rings is 1. The highest BCUT2D eigenvalue weighted by Gasteiger charge is 2.25. The van der Waals surface area contributed by atoms with Crippen molar-refractivity contribution in [1.29, 1.82) is 0 Å². The molecule has 1 aliphatic rings. The van der Waals surface area contributed by atoms with Gasteiger partial charge < -0.3 is 14.5 Å². The summed E-state index contributed by atoms with van der Waals surface area (Å²) in [5.41, 5.74) is 3.37. The third-order valence-electron chi connectivity index (χ3n) is 5.36. The standard InChI is InChI=1S/C23H32N4O2/c1-16(2)14-22(28)26-10-12-27(13-11-26)23-21(17(3)24-18(4)25-23)15-19-6-8-20(29-5)9-7-19/h6-9,16H,10-15H2,1-5H3. The lowest BCUT2D eigenvalue weighted by atomic mass is 10.0. The first-order valence-electron chi connectivity index (χ1n) is 10.4. The molecule has 29 heavy (non-hydrogen) atoms. The molecule has 0 N–H and O–H groups in total. The number of piperazine rings is 1. The molecule has 1 amide bonds. The third kappa shape index (κ3) is 5.25. The first-order chi connectivity index (χ1) is 13.9. The highest BCUT2D eigenvalue weighted by molar-refractivity contribution is 5.76. The maximum absolute atomic E-state index is 12.4. The molecule has 0 unspecified atom stereocenters. The van der Waals surface area contributed by atoms with E-state index in [9.17, 15) is 4.79 Å². The smallest absolute Gasteiger partial charge is 0.222 e. The summed E-state index contributed by atoms with van der Waals surface area (Å²) in [4.78, 5) is 26.1. The molecule has 1 aromatic carbocycles. The lowest BCUT2D eigenvalue weighted by Crippen LogP contribution is -2.49. The molecule has 0 spiro atoms. The Hall–Kier alpha value is -2.63. The number of carbonyl (C=O) groups is 1. The number of ether oxygens (including phenoxy) is 1. The second-order valence-corrected chi connectivity index (χ2v) is 8.15. The van der Waals surface area contributed by atoms with Crippen LogP contribution in [0, 0.1) is 19.8 Å². The Morgan fingerprint density at radius 2 is 1.72 bits per heavy atom. The first-order valence-corrected chi connectivity index (χ1v) is 10.4. The molecule has 0 aliphatic carbocycles. The summed E-state index contributed by atoms with van der Waals surface area (Å²) in [6.07, 6.45) is 1.40. The minimum Gasteiger partial charge on any atom is -0.497 e. The summed E-state index contributed by atoms with van der Waals surface area (Å²) < 4.78 is 5.27. The van der Waals surface area contributed by atoms with Crippen molar-refractivity contribution in [2.75, 3.05) is 38.2 Å². The molecule has 0 radical (unpaired) electrons. The van der Waals surface area contributed by atoms with Crippen molar-refractivity contribution in [2.45, 2.75) is 40.5 Å². The Kier molecular flexibility index (Phi) is 6.72. The zero-order chi connectivity index (χ0) is 21.0. The molecule has 3 rings (SSSR count). The normalized spacial score (nSPS) is 14.4. The fourth-order valence-corrected chi connectivity index (χ4v) is 3.78. The Bertz CT molecular complexity index is 841. The summed E-state index contributed by atoms with van der Waals surface area (Å²) in [6, 6.07) is 8.14. The molecule has 156 valence electrons. The number of rotatable bonds is 6. The Morgan fingerprint density at radius 1 is 1.07 bits per heavy atom.